The van der Waals surface area contributed by atoms with Crippen LogP contribution in [-0.4, -0.2) is 69.3 Å². The number of hydrogen-bond acceptors (Lipinski definition) is 4. The van der Waals surface area contributed by atoms with Crippen LogP contribution >= 0.6 is 11.8 Å². The van der Waals surface area contributed by atoms with Crippen molar-refractivity contribution in [2.75, 3.05) is 58.4 Å². The molecule has 1 atom stereocenters. The van der Waals surface area contributed by atoms with Crippen LogP contribution in [0.25, 0.3) is 0 Å². The minimum absolute atomic E-state index is 0.0591. The Morgan fingerprint density at radius 3 is 2.45 bits per heavy atom. The van der Waals surface area contributed by atoms with Gasteiger partial charge in [-0.05, 0) is 42.5 Å². The molecule has 1 aliphatic heterocycles. The van der Waals surface area contributed by atoms with Crippen LogP contribution in [0.4, 0.5) is 13.2 Å². The van der Waals surface area contributed by atoms with E-state index in [1.807, 2.05) is 11.8 Å². The first kappa shape index (κ1) is 23.8. The van der Waals surface area contributed by atoms with Crippen molar-refractivity contribution in [1.82, 2.24) is 15.5 Å². The molecule has 0 aliphatic carbocycles. The highest BCUT2D eigenvalue weighted by Crippen LogP contribution is 2.31. The van der Waals surface area contributed by atoms with Gasteiger partial charge in [0.2, 0.25) is 0 Å². The van der Waals surface area contributed by atoms with E-state index in [9.17, 15) is 13.2 Å². The van der Waals surface area contributed by atoms with Gasteiger partial charge in [0.15, 0.2) is 5.96 Å². The molecule has 0 aromatic heterocycles. The molecule has 0 saturated carbocycles. The van der Waals surface area contributed by atoms with Gasteiger partial charge < -0.3 is 15.4 Å². The van der Waals surface area contributed by atoms with Gasteiger partial charge in [0, 0.05) is 33.2 Å². The molecule has 9 heteroatoms. The smallest absolute Gasteiger partial charge is 0.379 e. The van der Waals surface area contributed by atoms with Gasteiger partial charge in [-0.2, -0.15) is 24.9 Å². The van der Waals surface area contributed by atoms with E-state index in [4.69, 9.17) is 4.74 Å². The maximum absolute atomic E-state index is 12.9. The zero-order valence-corrected chi connectivity index (χ0v) is 17.9. The van der Waals surface area contributed by atoms with E-state index in [0.717, 1.165) is 55.9 Å². The zero-order valence-electron chi connectivity index (χ0n) is 17.1. The van der Waals surface area contributed by atoms with Crippen LogP contribution in [0.2, 0.25) is 0 Å². The zero-order chi connectivity index (χ0) is 21.1. The minimum Gasteiger partial charge on any atom is -0.379 e. The van der Waals surface area contributed by atoms with Crippen molar-refractivity contribution < 1.29 is 17.9 Å². The van der Waals surface area contributed by atoms with E-state index < -0.39 is 11.7 Å². The molecule has 0 amide bonds. The lowest BCUT2D eigenvalue weighted by Crippen LogP contribution is -2.46. The number of benzene rings is 1. The van der Waals surface area contributed by atoms with Crippen LogP contribution in [0.3, 0.4) is 0 Å². The average Bonchev–Trinajstić information content (AvgIpc) is 2.72. The first-order chi connectivity index (χ1) is 14.0. The average molecular weight is 433 g/mol. The molecule has 1 aromatic carbocycles. The second-order valence-electron chi connectivity index (χ2n) is 6.86. The maximum atomic E-state index is 12.9. The summed E-state index contributed by atoms with van der Waals surface area (Å²) in [5.41, 5.74) is 0.223. The highest BCUT2D eigenvalue weighted by molar-refractivity contribution is 7.98. The van der Waals surface area contributed by atoms with Crippen molar-refractivity contribution >= 4 is 17.7 Å². The fraction of sp³-hybridized carbons (Fsp3) is 0.650. The van der Waals surface area contributed by atoms with Gasteiger partial charge in [-0.1, -0.05) is 12.1 Å². The predicted octanol–water partition coefficient (Wildman–Crippen LogP) is 3.39. The number of ether oxygens (including phenoxy) is 1. The molecule has 0 spiro atoms. The minimum atomic E-state index is -4.33. The second-order valence-corrected chi connectivity index (χ2v) is 7.85. The summed E-state index contributed by atoms with van der Waals surface area (Å²) in [7, 11) is 1.72. The van der Waals surface area contributed by atoms with Gasteiger partial charge in [-0.25, -0.2) is 0 Å². The maximum Gasteiger partial charge on any atom is 0.416 e. The molecule has 0 bridgehead atoms. The Bertz CT molecular complexity index is 619. The molecule has 1 aromatic rings. The van der Waals surface area contributed by atoms with Crippen LogP contribution < -0.4 is 10.6 Å². The molecular weight excluding hydrogens is 401 g/mol. The summed E-state index contributed by atoms with van der Waals surface area (Å²) in [6.45, 7) is 4.12. The monoisotopic (exact) mass is 432 g/mol. The molecule has 2 N–H and O–H groups in total. The van der Waals surface area contributed by atoms with E-state index in [1.165, 1.54) is 0 Å². The summed E-state index contributed by atoms with van der Waals surface area (Å²) in [6.07, 6.45) is -0.0190. The van der Waals surface area contributed by atoms with Crippen molar-refractivity contribution in [2.24, 2.45) is 4.99 Å². The van der Waals surface area contributed by atoms with Crippen molar-refractivity contribution in [2.45, 2.75) is 25.1 Å². The van der Waals surface area contributed by atoms with Gasteiger partial charge >= 0.3 is 6.18 Å². The number of aliphatic imine (C=N–C) groups is 1. The van der Waals surface area contributed by atoms with E-state index in [0.29, 0.717) is 25.7 Å². The molecular formula is C20H31F3N4OS. The quantitative estimate of drug-likeness (QED) is 0.356. The largest absolute Gasteiger partial charge is 0.416 e. The third-order valence-electron chi connectivity index (χ3n) is 4.86. The molecule has 1 unspecified atom stereocenters. The number of unbranched alkanes of at least 4 members (excludes halogenated alkanes) is 1. The lowest BCUT2D eigenvalue weighted by Gasteiger charge is -2.35. The van der Waals surface area contributed by atoms with Crippen molar-refractivity contribution in [3.63, 3.8) is 0 Å². The number of alkyl halides is 3. The van der Waals surface area contributed by atoms with Gasteiger partial charge in [0.1, 0.15) is 0 Å². The van der Waals surface area contributed by atoms with Gasteiger partial charge in [0.05, 0.1) is 24.8 Å². The molecule has 1 aliphatic rings. The van der Waals surface area contributed by atoms with E-state index >= 15 is 0 Å². The van der Waals surface area contributed by atoms with Crippen molar-refractivity contribution in [3.05, 3.63) is 35.4 Å². The normalized spacial score (nSPS) is 17.2. The van der Waals surface area contributed by atoms with Crippen LogP contribution in [0.1, 0.15) is 30.0 Å². The Morgan fingerprint density at radius 1 is 1.17 bits per heavy atom. The molecule has 2 rings (SSSR count). The van der Waals surface area contributed by atoms with Crippen LogP contribution in [0, 0.1) is 0 Å². The molecule has 1 saturated heterocycles. The predicted molar refractivity (Wildman–Crippen MR) is 114 cm³/mol. The Kier molecular flexibility index (Phi) is 10.1. The highest BCUT2D eigenvalue weighted by Gasteiger charge is 2.31. The van der Waals surface area contributed by atoms with E-state index in [1.54, 1.807) is 19.2 Å². The molecule has 1 heterocycles. The number of thioether (sulfide) groups is 1. The Labute approximate surface area is 175 Å². The van der Waals surface area contributed by atoms with Crippen molar-refractivity contribution in [1.29, 1.82) is 0 Å². The second kappa shape index (κ2) is 12.3. The van der Waals surface area contributed by atoms with Crippen molar-refractivity contribution in [3.8, 4) is 0 Å². The van der Waals surface area contributed by atoms with Crippen LogP contribution in [-0.2, 0) is 10.9 Å². The molecule has 1 fully saturated rings. The van der Waals surface area contributed by atoms with Crippen LogP contribution in [0.5, 0.6) is 0 Å². The number of rotatable bonds is 9. The number of guanidine groups is 1. The summed E-state index contributed by atoms with van der Waals surface area (Å²) >= 11 is 1.84. The lowest BCUT2D eigenvalue weighted by molar-refractivity contribution is -0.137. The number of hydrogen-bond donors (Lipinski definition) is 2. The summed E-state index contributed by atoms with van der Waals surface area (Å²) in [5.74, 6) is 1.85. The summed E-state index contributed by atoms with van der Waals surface area (Å²) in [4.78, 5) is 6.50. The fourth-order valence-corrected chi connectivity index (χ4v) is 3.73. The SMILES string of the molecule is CN=C(NCCCCSC)NCC(c1ccc(C(F)(F)F)cc1)N1CCOCC1. The standard InChI is InChI=1S/C20H31F3N4OS/c1-24-19(25-9-3-4-14-29-2)26-15-18(27-10-12-28-13-11-27)16-5-7-17(8-6-16)20(21,22)23/h5-8,18H,3-4,9-15H2,1-2H3,(H2,24,25,26). The number of nitrogens with zero attached hydrogens (tertiary/aromatic N) is 2. The first-order valence-electron chi connectivity index (χ1n) is 9.88. The van der Waals surface area contributed by atoms with E-state index in [-0.39, 0.29) is 6.04 Å². The van der Waals surface area contributed by atoms with Gasteiger partial charge in [0.25, 0.3) is 0 Å². The molecule has 29 heavy (non-hydrogen) atoms. The molecule has 164 valence electrons. The van der Waals surface area contributed by atoms with Gasteiger partial charge in [-0.15, -0.1) is 0 Å². The van der Waals surface area contributed by atoms with Gasteiger partial charge in [-0.3, -0.25) is 9.89 Å². The Balaban J connectivity index is 2.00. The topological polar surface area (TPSA) is 48.9 Å². The Hall–Kier alpha value is -1.45. The first-order valence-corrected chi connectivity index (χ1v) is 11.3. The Morgan fingerprint density at radius 2 is 1.86 bits per heavy atom. The van der Waals surface area contributed by atoms with Crippen LogP contribution in [0.15, 0.2) is 29.3 Å². The number of nitrogens with one attached hydrogen (secondary N) is 2. The summed E-state index contributed by atoms with van der Waals surface area (Å²) < 4.78 is 44.2. The van der Waals surface area contributed by atoms with E-state index in [2.05, 4.69) is 26.8 Å². The molecule has 0 radical (unpaired) electrons. The number of halogens is 3. The summed E-state index contributed by atoms with van der Waals surface area (Å²) in [6, 6.07) is 5.39. The lowest BCUT2D eigenvalue weighted by atomic mass is 10.0. The fourth-order valence-electron chi connectivity index (χ4n) is 3.23. The molecule has 5 nitrogen and oxygen atoms in total. The third kappa shape index (κ3) is 8.06. The highest BCUT2D eigenvalue weighted by atomic mass is 32.2. The summed E-state index contributed by atoms with van der Waals surface area (Å²) in [5, 5.41) is 6.63. The number of morpholine rings is 1. The third-order valence-corrected chi connectivity index (χ3v) is 5.56.